The highest BCUT2D eigenvalue weighted by atomic mass is 16.5. The van der Waals surface area contributed by atoms with Gasteiger partial charge in [0.25, 0.3) is 5.91 Å². The van der Waals surface area contributed by atoms with Crippen LogP contribution < -0.4 is 14.8 Å². The lowest BCUT2D eigenvalue weighted by Crippen LogP contribution is -2.32. The van der Waals surface area contributed by atoms with Crippen molar-refractivity contribution in [1.29, 1.82) is 0 Å². The summed E-state index contributed by atoms with van der Waals surface area (Å²) in [6.07, 6.45) is 0. The van der Waals surface area contributed by atoms with Crippen LogP contribution >= 0.6 is 0 Å². The van der Waals surface area contributed by atoms with E-state index in [1.54, 1.807) is 6.07 Å². The number of rotatable bonds is 8. The van der Waals surface area contributed by atoms with Crippen molar-refractivity contribution in [3.63, 3.8) is 0 Å². The molecule has 0 atom stereocenters. The lowest BCUT2D eigenvalue weighted by molar-refractivity contribution is -0.123. The second-order valence-electron chi connectivity index (χ2n) is 6.81. The van der Waals surface area contributed by atoms with Crippen LogP contribution in [0.2, 0.25) is 0 Å². The van der Waals surface area contributed by atoms with E-state index in [1.807, 2.05) is 63.2 Å². The van der Waals surface area contributed by atoms with Crippen molar-refractivity contribution < 1.29 is 14.3 Å². The van der Waals surface area contributed by atoms with Crippen molar-refractivity contribution in [3.8, 4) is 22.9 Å². The molecule has 0 unspecified atom stereocenters. The van der Waals surface area contributed by atoms with Gasteiger partial charge < -0.3 is 14.8 Å². The summed E-state index contributed by atoms with van der Waals surface area (Å²) in [6.45, 7) is 6.65. The Balaban J connectivity index is 1.40. The van der Waals surface area contributed by atoms with Gasteiger partial charge in [-0.1, -0.05) is 36.4 Å². The lowest BCUT2D eigenvalue weighted by atomic mass is 10.1. The molecule has 1 heterocycles. The first-order valence-electron chi connectivity index (χ1n) is 9.52. The summed E-state index contributed by atoms with van der Waals surface area (Å²) < 4.78 is 11.2. The zero-order valence-electron chi connectivity index (χ0n) is 16.9. The summed E-state index contributed by atoms with van der Waals surface area (Å²) >= 11 is 0. The second-order valence-corrected chi connectivity index (χ2v) is 6.81. The number of amides is 1. The minimum atomic E-state index is -0.197. The number of ether oxygens (including phenoxy) is 2. The van der Waals surface area contributed by atoms with Crippen molar-refractivity contribution in [1.82, 2.24) is 15.5 Å². The summed E-state index contributed by atoms with van der Waals surface area (Å²) in [4.78, 5) is 12.0. The van der Waals surface area contributed by atoms with Gasteiger partial charge in [-0.05, 0) is 49.6 Å². The summed E-state index contributed by atoms with van der Waals surface area (Å²) in [6, 6.07) is 17.5. The highest BCUT2D eigenvalue weighted by molar-refractivity contribution is 5.77. The van der Waals surface area contributed by atoms with E-state index in [0.29, 0.717) is 19.0 Å². The van der Waals surface area contributed by atoms with Crippen LogP contribution in [-0.4, -0.2) is 35.9 Å². The molecular weight excluding hydrogens is 366 g/mol. The fourth-order valence-corrected chi connectivity index (χ4v) is 2.85. The van der Waals surface area contributed by atoms with Crippen LogP contribution in [0.4, 0.5) is 0 Å². The van der Waals surface area contributed by atoms with Crippen LogP contribution in [0.1, 0.15) is 16.7 Å². The number of nitrogens with zero attached hydrogens (tertiary/aromatic N) is 2. The number of hydrogen-bond acceptors (Lipinski definition) is 5. The average molecular weight is 391 g/mol. The molecule has 1 N–H and O–H groups in total. The van der Waals surface area contributed by atoms with Gasteiger partial charge in [-0.3, -0.25) is 4.79 Å². The van der Waals surface area contributed by atoms with Crippen LogP contribution in [0.15, 0.2) is 54.6 Å². The molecule has 0 aliphatic heterocycles. The van der Waals surface area contributed by atoms with E-state index in [0.717, 1.165) is 33.7 Å². The van der Waals surface area contributed by atoms with Gasteiger partial charge in [-0.25, -0.2) is 0 Å². The standard InChI is InChI=1S/C23H25N3O3/c1-16-13-17(2)18(3)21(14-16)29-15-22(27)24-11-12-28-23-10-9-20(25-26-23)19-7-5-4-6-8-19/h4-10,13-14H,11-12,15H2,1-3H3,(H,24,27). The first-order valence-corrected chi connectivity index (χ1v) is 9.52. The van der Waals surface area contributed by atoms with Gasteiger partial charge >= 0.3 is 0 Å². The predicted octanol–water partition coefficient (Wildman–Crippen LogP) is 3.64. The van der Waals surface area contributed by atoms with Gasteiger partial charge in [-0.2, -0.15) is 0 Å². The number of hydrogen-bond donors (Lipinski definition) is 1. The van der Waals surface area contributed by atoms with E-state index in [-0.39, 0.29) is 12.5 Å². The van der Waals surface area contributed by atoms with E-state index in [1.165, 1.54) is 0 Å². The van der Waals surface area contributed by atoms with Gasteiger partial charge in [0.1, 0.15) is 12.4 Å². The maximum Gasteiger partial charge on any atom is 0.258 e. The fraction of sp³-hybridized carbons (Fsp3) is 0.261. The number of aromatic nitrogens is 2. The normalized spacial score (nSPS) is 10.4. The number of carbonyl (C=O) groups excluding carboxylic acids is 1. The number of nitrogens with one attached hydrogen (secondary N) is 1. The Labute approximate surface area is 170 Å². The average Bonchev–Trinajstić information content (AvgIpc) is 2.74. The lowest BCUT2D eigenvalue weighted by Gasteiger charge is -2.12. The van der Waals surface area contributed by atoms with E-state index in [9.17, 15) is 4.79 Å². The topological polar surface area (TPSA) is 73.3 Å². The van der Waals surface area contributed by atoms with E-state index in [2.05, 4.69) is 21.6 Å². The largest absolute Gasteiger partial charge is 0.483 e. The highest BCUT2D eigenvalue weighted by Gasteiger charge is 2.07. The van der Waals surface area contributed by atoms with Gasteiger partial charge in [-0.15, -0.1) is 10.2 Å². The van der Waals surface area contributed by atoms with Gasteiger partial charge in [0, 0.05) is 11.6 Å². The van der Waals surface area contributed by atoms with Gasteiger partial charge in [0.15, 0.2) is 6.61 Å². The Morgan fingerprint density at radius 1 is 0.966 bits per heavy atom. The molecule has 6 nitrogen and oxygen atoms in total. The van der Waals surface area contributed by atoms with E-state index < -0.39 is 0 Å². The first kappa shape index (κ1) is 20.3. The van der Waals surface area contributed by atoms with Crippen molar-refractivity contribution in [2.24, 2.45) is 0 Å². The molecule has 3 aromatic rings. The Hall–Kier alpha value is -3.41. The summed E-state index contributed by atoms with van der Waals surface area (Å²) in [5.41, 5.74) is 5.08. The molecule has 3 rings (SSSR count). The molecule has 0 fully saturated rings. The zero-order chi connectivity index (χ0) is 20.6. The maximum absolute atomic E-state index is 12.0. The molecule has 6 heteroatoms. The maximum atomic E-state index is 12.0. The molecule has 150 valence electrons. The Bertz CT molecular complexity index is 957. The Morgan fingerprint density at radius 3 is 2.48 bits per heavy atom. The number of benzene rings is 2. The third-order valence-electron chi connectivity index (χ3n) is 4.51. The molecule has 1 aromatic heterocycles. The third kappa shape index (κ3) is 5.78. The zero-order valence-corrected chi connectivity index (χ0v) is 16.9. The molecule has 0 saturated heterocycles. The van der Waals surface area contributed by atoms with Crippen LogP contribution in [-0.2, 0) is 4.79 Å². The van der Waals surface area contributed by atoms with Crippen LogP contribution in [0.5, 0.6) is 11.6 Å². The number of aryl methyl sites for hydroxylation is 2. The highest BCUT2D eigenvalue weighted by Crippen LogP contribution is 2.23. The van der Waals surface area contributed by atoms with Crippen molar-refractivity contribution in [2.45, 2.75) is 20.8 Å². The minimum Gasteiger partial charge on any atom is -0.483 e. The molecule has 0 saturated carbocycles. The van der Waals surface area contributed by atoms with Crippen LogP contribution in [0, 0.1) is 20.8 Å². The van der Waals surface area contributed by atoms with Crippen molar-refractivity contribution in [3.05, 3.63) is 71.3 Å². The molecule has 0 spiro atoms. The summed E-state index contributed by atoms with van der Waals surface area (Å²) in [5.74, 6) is 0.960. The molecule has 2 aromatic carbocycles. The van der Waals surface area contributed by atoms with Gasteiger partial charge in [0.05, 0.1) is 12.2 Å². The molecule has 1 amide bonds. The second kappa shape index (κ2) is 9.68. The van der Waals surface area contributed by atoms with E-state index in [4.69, 9.17) is 9.47 Å². The SMILES string of the molecule is Cc1cc(C)c(C)c(OCC(=O)NCCOc2ccc(-c3ccccc3)nn2)c1. The molecule has 0 bridgehead atoms. The van der Waals surface area contributed by atoms with Crippen molar-refractivity contribution >= 4 is 5.91 Å². The van der Waals surface area contributed by atoms with Gasteiger partial charge in [0.2, 0.25) is 5.88 Å². The third-order valence-corrected chi connectivity index (χ3v) is 4.51. The summed E-state index contributed by atoms with van der Waals surface area (Å²) in [7, 11) is 0. The van der Waals surface area contributed by atoms with E-state index >= 15 is 0 Å². The molecule has 0 radical (unpaired) electrons. The minimum absolute atomic E-state index is 0.0324. The van der Waals surface area contributed by atoms with Crippen molar-refractivity contribution in [2.75, 3.05) is 19.8 Å². The van der Waals surface area contributed by atoms with Crippen LogP contribution in [0.25, 0.3) is 11.3 Å². The predicted molar refractivity (Wildman–Crippen MR) is 112 cm³/mol. The molecule has 29 heavy (non-hydrogen) atoms. The summed E-state index contributed by atoms with van der Waals surface area (Å²) in [5, 5.41) is 11.0. The quantitative estimate of drug-likeness (QED) is 0.594. The Morgan fingerprint density at radius 2 is 1.76 bits per heavy atom. The number of carbonyl (C=O) groups is 1. The van der Waals surface area contributed by atoms with Crippen LogP contribution in [0.3, 0.4) is 0 Å². The first-order chi connectivity index (χ1) is 14.0. The molecule has 0 aliphatic carbocycles. The smallest absolute Gasteiger partial charge is 0.258 e. The molecule has 0 aliphatic rings. The Kier molecular flexibility index (Phi) is 6.79. The monoisotopic (exact) mass is 391 g/mol. The molecular formula is C23H25N3O3. The fourth-order valence-electron chi connectivity index (χ4n) is 2.85.